The van der Waals surface area contributed by atoms with Crippen molar-refractivity contribution >= 4 is 34.0 Å². The zero-order chi connectivity index (χ0) is 19.1. The first-order chi connectivity index (χ1) is 13.7. The van der Waals surface area contributed by atoms with E-state index in [-0.39, 0.29) is 0 Å². The lowest BCUT2D eigenvalue weighted by Gasteiger charge is -2.33. The summed E-state index contributed by atoms with van der Waals surface area (Å²) < 4.78 is 0. The third kappa shape index (κ3) is 2.99. The fourth-order valence-electron chi connectivity index (χ4n) is 3.88. The van der Waals surface area contributed by atoms with E-state index >= 15 is 0 Å². The van der Waals surface area contributed by atoms with E-state index in [1.54, 1.807) is 0 Å². The van der Waals surface area contributed by atoms with E-state index in [9.17, 15) is 0 Å². The van der Waals surface area contributed by atoms with Crippen molar-refractivity contribution in [3.8, 4) is 11.3 Å². The number of hydrogen-bond donors (Lipinski definition) is 2. The van der Waals surface area contributed by atoms with Gasteiger partial charge in [-0.3, -0.25) is 0 Å². The van der Waals surface area contributed by atoms with Crippen LogP contribution in [0.3, 0.4) is 0 Å². The van der Waals surface area contributed by atoms with Gasteiger partial charge in [0.2, 0.25) is 0 Å². The Bertz CT molecular complexity index is 1130. The van der Waals surface area contributed by atoms with E-state index in [0.717, 1.165) is 18.7 Å². The number of fused-ring (bicyclic) bond motifs is 3. The zero-order valence-electron chi connectivity index (χ0n) is 15.9. The summed E-state index contributed by atoms with van der Waals surface area (Å²) in [6.45, 7) is 3.79. The average Bonchev–Trinajstić information content (AvgIpc) is 3.15. The van der Waals surface area contributed by atoms with Crippen LogP contribution in [0.2, 0.25) is 0 Å². The Morgan fingerprint density at radius 1 is 0.929 bits per heavy atom. The summed E-state index contributed by atoms with van der Waals surface area (Å²) >= 11 is 1.86. The maximum atomic E-state index is 5.81. The highest BCUT2D eigenvalue weighted by atomic mass is 32.2. The molecule has 1 aliphatic heterocycles. The Labute approximate surface area is 169 Å². The molecule has 2 heterocycles. The SMILES string of the molecule is Cc1ccc2c(c1)Sc1cc(-c3cc4ccccc4[nH]3)ccc1N2CCCN. The molecule has 0 radical (unpaired) electrons. The maximum absolute atomic E-state index is 5.81. The molecule has 4 heteroatoms. The second-order valence-electron chi connectivity index (χ2n) is 7.32. The molecule has 0 saturated heterocycles. The third-order valence-corrected chi connectivity index (χ3v) is 6.40. The van der Waals surface area contributed by atoms with Gasteiger partial charge in [-0.25, -0.2) is 0 Å². The fraction of sp³-hybridized carbons (Fsp3) is 0.167. The second kappa shape index (κ2) is 7.04. The lowest BCUT2D eigenvalue weighted by Crippen LogP contribution is -2.23. The number of rotatable bonds is 4. The van der Waals surface area contributed by atoms with E-state index in [1.807, 2.05) is 11.8 Å². The van der Waals surface area contributed by atoms with Gasteiger partial charge in [0.15, 0.2) is 0 Å². The number of benzene rings is 3. The number of H-pyrrole nitrogens is 1. The highest BCUT2D eigenvalue weighted by Gasteiger charge is 2.23. The molecule has 3 aromatic carbocycles. The lowest BCUT2D eigenvalue weighted by atomic mass is 10.1. The number of aryl methyl sites for hydroxylation is 1. The largest absolute Gasteiger partial charge is 0.355 e. The summed E-state index contributed by atoms with van der Waals surface area (Å²) in [6.07, 6.45) is 0.973. The number of aromatic amines is 1. The van der Waals surface area contributed by atoms with Crippen LogP contribution in [0, 0.1) is 6.92 Å². The molecule has 0 saturated carbocycles. The number of aromatic nitrogens is 1. The number of nitrogens with one attached hydrogen (secondary N) is 1. The molecule has 0 amide bonds. The van der Waals surface area contributed by atoms with Gasteiger partial charge in [-0.05, 0) is 67.4 Å². The summed E-state index contributed by atoms with van der Waals surface area (Å²) in [5.74, 6) is 0. The van der Waals surface area contributed by atoms with Crippen LogP contribution in [-0.4, -0.2) is 18.1 Å². The fourth-order valence-corrected chi connectivity index (χ4v) is 5.11. The molecule has 1 aromatic heterocycles. The molecule has 4 aromatic rings. The number of para-hydroxylation sites is 1. The first-order valence-corrected chi connectivity index (χ1v) is 10.5. The monoisotopic (exact) mass is 385 g/mol. The van der Waals surface area contributed by atoms with Crippen LogP contribution < -0.4 is 10.6 Å². The summed E-state index contributed by atoms with van der Waals surface area (Å²) in [4.78, 5) is 8.59. The molecular weight excluding hydrogens is 362 g/mol. The van der Waals surface area contributed by atoms with E-state index in [1.165, 1.54) is 43.2 Å². The van der Waals surface area contributed by atoms with Crippen LogP contribution in [0.1, 0.15) is 12.0 Å². The Morgan fingerprint density at radius 2 is 1.71 bits per heavy atom. The van der Waals surface area contributed by atoms with Gasteiger partial charge in [0, 0.05) is 32.9 Å². The molecule has 1 aliphatic rings. The third-order valence-electron chi connectivity index (χ3n) is 5.30. The van der Waals surface area contributed by atoms with Crippen molar-refractivity contribution in [2.45, 2.75) is 23.1 Å². The number of nitrogens with zero attached hydrogens (tertiary/aromatic N) is 1. The second-order valence-corrected chi connectivity index (χ2v) is 8.40. The van der Waals surface area contributed by atoms with Gasteiger partial charge in [0.25, 0.3) is 0 Å². The Hall–Kier alpha value is -2.69. The molecule has 0 spiro atoms. The minimum absolute atomic E-state index is 0.702. The van der Waals surface area contributed by atoms with Crippen molar-refractivity contribution in [2.24, 2.45) is 5.73 Å². The van der Waals surface area contributed by atoms with Crippen LogP contribution in [0.15, 0.2) is 76.5 Å². The van der Waals surface area contributed by atoms with Gasteiger partial charge < -0.3 is 15.6 Å². The topological polar surface area (TPSA) is 45.0 Å². The Balaban J connectivity index is 1.59. The van der Waals surface area contributed by atoms with E-state index in [0.29, 0.717) is 6.54 Å². The predicted molar refractivity (Wildman–Crippen MR) is 120 cm³/mol. The predicted octanol–water partition coefficient (Wildman–Crippen LogP) is 6.09. The molecule has 140 valence electrons. The van der Waals surface area contributed by atoms with Gasteiger partial charge in [-0.15, -0.1) is 0 Å². The number of nitrogens with two attached hydrogens (primary N) is 1. The van der Waals surface area contributed by atoms with E-state index in [4.69, 9.17) is 5.73 Å². The summed E-state index contributed by atoms with van der Waals surface area (Å²) in [5.41, 5.74) is 13.2. The van der Waals surface area contributed by atoms with Crippen LogP contribution in [0.4, 0.5) is 11.4 Å². The molecule has 0 fully saturated rings. The Kier molecular flexibility index (Phi) is 4.38. The molecule has 0 atom stereocenters. The minimum atomic E-state index is 0.702. The number of hydrogen-bond acceptors (Lipinski definition) is 3. The molecule has 28 heavy (non-hydrogen) atoms. The summed E-state index contributed by atoms with van der Waals surface area (Å²) in [7, 11) is 0. The van der Waals surface area contributed by atoms with Gasteiger partial charge in [-0.1, -0.05) is 42.1 Å². The quantitative estimate of drug-likeness (QED) is 0.446. The van der Waals surface area contributed by atoms with Crippen molar-refractivity contribution in [1.29, 1.82) is 0 Å². The van der Waals surface area contributed by atoms with E-state index in [2.05, 4.69) is 83.5 Å². The van der Waals surface area contributed by atoms with Crippen molar-refractivity contribution in [1.82, 2.24) is 4.98 Å². The molecule has 0 aliphatic carbocycles. The first-order valence-electron chi connectivity index (χ1n) is 9.71. The minimum Gasteiger partial charge on any atom is -0.355 e. The smallest absolute Gasteiger partial charge is 0.0553 e. The molecule has 5 rings (SSSR count). The van der Waals surface area contributed by atoms with Gasteiger partial charge in [-0.2, -0.15) is 0 Å². The van der Waals surface area contributed by atoms with E-state index < -0.39 is 0 Å². The average molecular weight is 386 g/mol. The zero-order valence-corrected chi connectivity index (χ0v) is 16.7. The van der Waals surface area contributed by atoms with Gasteiger partial charge in [0.05, 0.1) is 11.4 Å². The molecular formula is C24H23N3S. The van der Waals surface area contributed by atoms with Crippen LogP contribution in [0.5, 0.6) is 0 Å². The standard InChI is InChI=1S/C24H23N3S/c1-16-7-9-21-23(13-16)28-24-15-18(8-10-22(24)27(21)12-4-11-25)20-14-17-5-2-3-6-19(17)26-20/h2-3,5-10,13-15,26H,4,11-12,25H2,1H3. The van der Waals surface area contributed by atoms with Crippen LogP contribution in [-0.2, 0) is 0 Å². The summed E-state index contributed by atoms with van der Waals surface area (Å²) in [5, 5.41) is 1.24. The Morgan fingerprint density at radius 3 is 2.54 bits per heavy atom. The van der Waals surface area contributed by atoms with Crippen molar-refractivity contribution < 1.29 is 0 Å². The molecule has 3 N–H and O–H groups in total. The van der Waals surface area contributed by atoms with Crippen molar-refractivity contribution in [3.05, 3.63) is 72.3 Å². The molecule has 0 bridgehead atoms. The molecule has 3 nitrogen and oxygen atoms in total. The lowest BCUT2D eigenvalue weighted by molar-refractivity contribution is 0.807. The van der Waals surface area contributed by atoms with Gasteiger partial charge >= 0.3 is 0 Å². The van der Waals surface area contributed by atoms with Crippen LogP contribution >= 0.6 is 11.8 Å². The highest BCUT2D eigenvalue weighted by molar-refractivity contribution is 7.99. The van der Waals surface area contributed by atoms with Crippen LogP contribution in [0.25, 0.3) is 22.2 Å². The normalized spacial score (nSPS) is 12.9. The summed E-state index contributed by atoms with van der Waals surface area (Å²) in [6, 6.07) is 24.2. The highest BCUT2D eigenvalue weighted by Crippen LogP contribution is 2.49. The number of anilines is 2. The first kappa shape index (κ1) is 17.4. The van der Waals surface area contributed by atoms with Gasteiger partial charge in [0.1, 0.15) is 0 Å². The van der Waals surface area contributed by atoms with Crippen molar-refractivity contribution in [3.63, 3.8) is 0 Å². The maximum Gasteiger partial charge on any atom is 0.0553 e. The van der Waals surface area contributed by atoms with Crippen molar-refractivity contribution in [2.75, 3.05) is 18.0 Å². The molecule has 0 unspecified atom stereocenters.